The van der Waals surface area contributed by atoms with Gasteiger partial charge in [-0.05, 0) is 44.9 Å². The largest absolute Gasteiger partial charge is 0.394 e. The summed E-state index contributed by atoms with van der Waals surface area (Å²) >= 11 is 0. The predicted octanol–water partition coefficient (Wildman–Crippen LogP) is 9.28. The molecule has 1 heterocycles. The molecule has 7 atom stereocenters. The van der Waals surface area contributed by atoms with Gasteiger partial charge in [-0.25, -0.2) is 0 Å². The fourth-order valence-corrected chi connectivity index (χ4v) is 7.01. The average Bonchev–Trinajstić information content (AvgIpc) is 3.18. The van der Waals surface area contributed by atoms with Gasteiger partial charge in [-0.3, -0.25) is 4.79 Å². The molecule has 0 radical (unpaired) electrons. The first-order valence-corrected chi connectivity index (χ1v) is 22.7. The molecule has 322 valence electrons. The van der Waals surface area contributed by atoms with Crippen molar-refractivity contribution >= 4 is 5.91 Å². The average molecular weight is 780 g/mol. The molecule has 1 rings (SSSR count). The molecule has 0 bridgehead atoms. The van der Waals surface area contributed by atoms with Crippen molar-refractivity contribution in [3.8, 4) is 0 Å². The summed E-state index contributed by atoms with van der Waals surface area (Å²) in [6, 6.07) is -0.823. The topological polar surface area (TPSA) is 149 Å². The van der Waals surface area contributed by atoms with Crippen LogP contribution in [-0.4, -0.2) is 87.5 Å². The van der Waals surface area contributed by atoms with Crippen LogP contribution in [0.25, 0.3) is 0 Å². The molecule has 1 amide bonds. The van der Waals surface area contributed by atoms with E-state index in [1.807, 2.05) is 6.08 Å². The molecule has 1 aliphatic heterocycles. The van der Waals surface area contributed by atoms with Gasteiger partial charge in [0.15, 0.2) is 6.29 Å². The summed E-state index contributed by atoms with van der Waals surface area (Å²) in [7, 11) is 0. The molecular formula is C46H85NO8. The van der Waals surface area contributed by atoms with Gasteiger partial charge in [0.05, 0.1) is 25.4 Å². The number of allylic oxidation sites excluding steroid dienone is 5. The van der Waals surface area contributed by atoms with Crippen LogP contribution in [0.2, 0.25) is 0 Å². The van der Waals surface area contributed by atoms with Crippen LogP contribution in [0, 0.1) is 0 Å². The highest BCUT2D eigenvalue weighted by atomic mass is 16.7. The van der Waals surface area contributed by atoms with E-state index in [2.05, 4.69) is 43.5 Å². The van der Waals surface area contributed by atoms with Crippen LogP contribution >= 0.6 is 0 Å². The van der Waals surface area contributed by atoms with Gasteiger partial charge in [-0.1, -0.05) is 179 Å². The minimum atomic E-state index is -1.57. The predicted molar refractivity (Wildman–Crippen MR) is 226 cm³/mol. The molecule has 9 heteroatoms. The molecule has 6 N–H and O–H groups in total. The molecular weight excluding hydrogens is 695 g/mol. The third-order valence-electron chi connectivity index (χ3n) is 10.7. The number of ether oxygens (including phenoxy) is 2. The van der Waals surface area contributed by atoms with E-state index in [0.29, 0.717) is 6.42 Å². The van der Waals surface area contributed by atoms with Gasteiger partial charge < -0.3 is 40.3 Å². The van der Waals surface area contributed by atoms with E-state index in [9.17, 15) is 30.3 Å². The van der Waals surface area contributed by atoms with Crippen molar-refractivity contribution in [2.45, 2.75) is 236 Å². The summed E-state index contributed by atoms with van der Waals surface area (Å²) in [5.74, 6) is -0.190. The Bertz CT molecular complexity index is 956. The first-order valence-electron chi connectivity index (χ1n) is 22.7. The number of hydrogen-bond donors (Lipinski definition) is 6. The standard InChI is InChI=1S/C46H85NO8/c1-3-5-7-9-11-13-15-17-19-20-21-22-24-26-28-30-32-34-36-42(50)47-39(38-54-46-45(53)44(52)43(51)41(37-48)55-46)40(49)35-33-31-29-27-25-23-18-16-14-12-10-8-6-4-2/h14,16,25,27,33,35,39-41,43-46,48-49,51-53H,3-13,15,17-24,26,28-32,34,36-38H2,1-2H3,(H,47,50)/b16-14+,27-25+,35-33+. The quantitative estimate of drug-likeness (QED) is 0.0270. The molecule has 55 heavy (non-hydrogen) atoms. The zero-order valence-electron chi connectivity index (χ0n) is 35.2. The third-order valence-corrected chi connectivity index (χ3v) is 10.7. The second-order valence-electron chi connectivity index (χ2n) is 15.8. The van der Waals surface area contributed by atoms with Crippen LogP contribution in [0.15, 0.2) is 36.5 Å². The minimum absolute atomic E-state index is 0.190. The van der Waals surface area contributed by atoms with Gasteiger partial charge in [-0.2, -0.15) is 0 Å². The van der Waals surface area contributed by atoms with Crippen molar-refractivity contribution in [2.24, 2.45) is 0 Å². The molecule has 0 aromatic heterocycles. The van der Waals surface area contributed by atoms with E-state index in [4.69, 9.17) is 9.47 Å². The first-order chi connectivity index (χ1) is 26.8. The Morgan fingerprint density at radius 1 is 0.600 bits per heavy atom. The maximum absolute atomic E-state index is 12.9. The lowest BCUT2D eigenvalue weighted by molar-refractivity contribution is -0.302. The molecule has 0 saturated carbocycles. The highest BCUT2D eigenvalue weighted by molar-refractivity contribution is 5.76. The monoisotopic (exact) mass is 780 g/mol. The molecule has 1 aliphatic rings. The summed E-state index contributed by atoms with van der Waals surface area (Å²) < 4.78 is 11.2. The lowest BCUT2D eigenvalue weighted by Crippen LogP contribution is -2.60. The Morgan fingerprint density at radius 2 is 1.04 bits per heavy atom. The number of carbonyl (C=O) groups is 1. The number of hydrogen-bond acceptors (Lipinski definition) is 8. The van der Waals surface area contributed by atoms with Gasteiger partial charge >= 0.3 is 0 Å². The lowest BCUT2D eigenvalue weighted by Gasteiger charge is -2.40. The number of aliphatic hydroxyl groups is 5. The van der Waals surface area contributed by atoms with Crippen molar-refractivity contribution in [1.29, 1.82) is 0 Å². The number of carbonyl (C=O) groups excluding carboxylic acids is 1. The Kier molecular flexibility index (Phi) is 34.3. The van der Waals surface area contributed by atoms with E-state index < -0.39 is 49.5 Å². The van der Waals surface area contributed by atoms with Gasteiger partial charge in [0, 0.05) is 6.42 Å². The molecule has 0 aromatic rings. The molecule has 1 fully saturated rings. The number of rotatable bonds is 37. The molecule has 1 saturated heterocycles. The maximum atomic E-state index is 12.9. The highest BCUT2D eigenvalue weighted by Gasteiger charge is 2.44. The molecule has 9 nitrogen and oxygen atoms in total. The Balaban J connectivity index is 2.38. The molecule has 0 spiro atoms. The summed E-state index contributed by atoms with van der Waals surface area (Å²) in [5, 5.41) is 54.1. The minimum Gasteiger partial charge on any atom is -0.394 e. The van der Waals surface area contributed by atoms with Crippen molar-refractivity contribution < 1.29 is 39.8 Å². The fourth-order valence-electron chi connectivity index (χ4n) is 7.01. The summed E-state index contributed by atoms with van der Waals surface area (Å²) in [6.07, 6.45) is 37.6. The SMILES string of the molecule is CCCCCC/C=C/CC/C=C/CC/C=C/C(O)C(COC1OC(CO)C(O)C(O)C1O)NC(=O)CCCCCCCCCCCCCCCCCCCC. The fraction of sp³-hybridized carbons (Fsp3) is 0.848. The van der Waals surface area contributed by atoms with Crippen LogP contribution in [0.4, 0.5) is 0 Å². The lowest BCUT2D eigenvalue weighted by atomic mass is 9.99. The number of amides is 1. The summed E-state index contributed by atoms with van der Waals surface area (Å²) in [5.41, 5.74) is 0. The smallest absolute Gasteiger partial charge is 0.220 e. The van der Waals surface area contributed by atoms with Crippen LogP contribution in [-0.2, 0) is 14.3 Å². The van der Waals surface area contributed by atoms with Crippen molar-refractivity contribution in [1.82, 2.24) is 5.32 Å². The molecule has 0 aromatic carbocycles. The van der Waals surface area contributed by atoms with E-state index in [0.717, 1.165) is 51.4 Å². The summed E-state index contributed by atoms with van der Waals surface area (Å²) in [4.78, 5) is 12.9. The Labute approximate surface area is 336 Å². The summed E-state index contributed by atoms with van der Waals surface area (Å²) in [6.45, 7) is 3.73. The highest BCUT2D eigenvalue weighted by Crippen LogP contribution is 2.22. The number of aliphatic hydroxyl groups excluding tert-OH is 5. The van der Waals surface area contributed by atoms with Gasteiger partial charge in [0.2, 0.25) is 5.91 Å². The zero-order chi connectivity index (χ0) is 40.2. The maximum Gasteiger partial charge on any atom is 0.220 e. The van der Waals surface area contributed by atoms with E-state index in [-0.39, 0.29) is 12.5 Å². The van der Waals surface area contributed by atoms with Gasteiger partial charge in [0.25, 0.3) is 0 Å². The second-order valence-corrected chi connectivity index (χ2v) is 15.8. The molecule has 7 unspecified atom stereocenters. The van der Waals surface area contributed by atoms with Crippen LogP contribution in [0.5, 0.6) is 0 Å². The van der Waals surface area contributed by atoms with Crippen LogP contribution in [0.1, 0.15) is 194 Å². The van der Waals surface area contributed by atoms with E-state index >= 15 is 0 Å². The Morgan fingerprint density at radius 3 is 1.53 bits per heavy atom. The second kappa shape index (κ2) is 36.7. The zero-order valence-corrected chi connectivity index (χ0v) is 35.2. The van der Waals surface area contributed by atoms with Crippen LogP contribution < -0.4 is 5.32 Å². The van der Waals surface area contributed by atoms with Gasteiger partial charge in [-0.15, -0.1) is 0 Å². The third kappa shape index (κ3) is 27.6. The number of nitrogens with one attached hydrogen (secondary N) is 1. The van der Waals surface area contributed by atoms with Crippen molar-refractivity contribution in [2.75, 3.05) is 13.2 Å². The van der Waals surface area contributed by atoms with Crippen LogP contribution in [0.3, 0.4) is 0 Å². The normalized spacial score (nSPS) is 21.6. The first kappa shape index (κ1) is 51.4. The van der Waals surface area contributed by atoms with E-state index in [1.54, 1.807) is 6.08 Å². The molecule has 0 aliphatic carbocycles. The Hall–Kier alpha value is -1.59. The van der Waals surface area contributed by atoms with Crippen molar-refractivity contribution in [3.05, 3.63) is 36.5 Å². The van der Waals surface area contributed by atoms with Crippen molar-refractivity contribution in [3.63, 3.8) is 0 Å². The number of unbranched alkanes of at least 4 members (excludes halogenated alkanes) is 23. The van der Waals surface area contributed by atoms with Gasteiger partial charge in [0.1, 0.15) is 24.4 Å². The van der Waals surface area contributed by atoms with E-state index in [1.165, 1.54) is 122 Å².